The van der Waals surface area contributed by atoms with Crippen LogP contribution in [0.1, 0.15) is 29.7 Å². The van der Waals surface area contributed by atoms with E-state index in [1.807, 2.05) is 26.0 Å². The van der Waals surface area contributed by atoms with Gasteiger partial charge in [0.15, 0.2) is 0 Å². The molecule has 0 bridgehead atoms. The molecule has 1 N–H and O–H groups in total. The highest BCUT2D eigenvalue weighted by Gasteiger charge is 2.22. The molecule has 0 aliphatic rings. The van der Waals surface area contributed by atoms with Crippen LogP contribution in [0, 0.1) is 12.7 Å². The molecule has 0 aliphatic heterocycles. The molecule has 112 valence electrons. The van der Waals surface area contributed by atoms with Gasteiger partial charge in [-0.15, -0.1) is 0 Å². The maximum atomic E-state index is 14.3. The number of benzene rings is 2. The molecule has 0 aromatic heterocycles. The Balaban J connectivity index is 2.62. The van der Waals surface area contributed by atoms with Crippen molar-refractivity contribution in [3.05, 3.63) is 66.8 Å². The van der Waals surface area contributed by atoms with E-state index in [4.69, 9.17) is 11.6 Å². The van der Waals surface area contributed by atoms with Crippen molar-refractivity contribution in [2.45, 2.75) is 19.9 Å². The van der Waals surface area contributed by atoms with Gasteiger partial charge >= 0.3 is 0 Å². The molecule has 0 aliphatic carbocycles. The molecule has 0 amide bonds. The summed E-state index contributed by atoms with van der Waals surface area (Å²) in [5.74, 6) is -0.308. The van der Waals surface area contributed by atoms with E-state index >= 15 is 0 Å². The molecular weight excluding hydrogens is 420 g/mol. The first-order chi connectivity index (χ1) is 9.95. The first-order valence-corrected chi connectivity index (χ1v) is 8.55. The minimum absolute atomic E-state index is 0.308. The van der Waals surface area contributed by atoms with E-state index in [2.05, 4.69) is 37.2 Å². The normalized spacial score (nSPS) is 12.5. The van der Waals surface area contributed by atoms with Crippen molar-refractivity contribution in [2.24, 2.45) is 0 Å². The number of aryl methyl sites for hydroxylation is 1. The molecule has 21 heavy (non-hydrogen) atoms. The van der Waals surface area contributed by atoms with E-state index in [-0.39, 0.29) is 11.9 Å². The molecule has 1 unspecified atom stereocenters. The van der Waals surface area contributed by atoms with Crippen LogP contribution < -0.4 is 5.32 Å². The molecular formula is C16H15Br2ClFN. The van der Waals surface area contributed by atoms with Gasteiger partial charge in [-0.3, -0.25) is 0 Å². The lowest BCUT2D eigenvalue weighted by Gasteiger charge is -2.22. The van der Waals surface area contributed by atoms with Crippen molar-refractivity contribution >= 4 is 43.5 Å². The van der Waals surface area contributed by atoms with Crippen LogP contribution in [-0.4, -0.2) is 6.54 Å². The third-order valence-corrected chi connectivity index (χ3v) is 5.16. The first kappa shape index (κ1) is 16.9. The fourth-order valence-corrected chi connectivity index (χ4v) is 3.56. The van der Waals surface area contributed by atoms with Crippen LogP contribution in [-0.2, 0) is 0 Å². The van der Waals surface area contributed by atoms with E-state index in [0.29, 0.717) is 17.1 Å². The fraction of sp³-hybridized carbons (Fsp3) is 0.250. The maximum absolute atomic E-state index is 14.3. The van der Waals surface area contributed by atoms with Gasteiger partial charge in [-0.2, -0.15) is 0 Å². The lowest BCUT2D eigenvalue weighted by atomic mass is 9.97. The van der Waals surface area contributed by atoms with Crippen LogP contribution in [0.5, 0.6) is 0 Å². The van der Waals surface area contributed by atoms with E-state index in [1.54, 1.807) is 12.1 Å². The van der Waals surface area contributed by atoms with Gasteiger partial charge in [-0.25, -0.2) is 4.39 Å². The van der Waals surface area contributed by atoms with Gasteiger partial charge in [0.05, 0.1) is 6.04 Å². The topological polar surface area (TPSA) is 12.0 Å². The van der Waals surface area contributed by atoms with Crippen LogP contribution >= 0.6 is 43.5 Å². The lowest BCUT2D eigenvalue weighted by Crippen LogP contribution is -2.24. The number of nitrogens with one attached hydrogen (secondary N) is 1. The molecule has 2 aromatic carbocycles. The van der Waals surface area contributed by atoms with Crippen LogP contribution in [0.2, 0.25) is 5.02 Å². The van der Waals surface area contributed by atoms with Gasteiger partial charge in [0, 0.05) is 19.5 Å². The van der Waals surface area contributed by atoms with Crippen LogP contribution in [0.3, 0.4) is 0 Å². The highest BCUT2D eigenvalue weighted by atomic mass is 79.9. The Bertz CT molecular complexity index is 641. The van der Waals surface area contributed by atoms with Gasteiger partial charge in [0.25, 0.3) is 0 Å². The molecule has 0 saturated heterocycles. The minimum Gasteiger partial charge on any atom is -0.306 e. The average Bonchev–Trinajstić information content (AvgIpc) is 2.42. The Morgan fingerprint density at radius 1 is 1.24 bits per heavy atom. The third kappa shape index (κ3) is 3.67. The Labute approximate surface area is 146 Å². The van der Waals surface area contributed by atoms with Crippen molar-refractivity contribution in [3.63, 3.8) is 0 Å². The Morgan fingerprint density at radius 2 is 1.95 bits per heavy atom. The largest absolute Gasteiger partial charge is 0.306 e. The second-order valence-corrected chi connectivity index (χ2v) is 6.86. The van der Waals surface area contributed by atoms with Crippen molar-refractivity contribution in [2.75, 3.05) is 6.54 Å². The predicted molar refractivity (Wildman–Crippen MR) is 93.5 cm³/mol. The minimum atomic E-state index is -0.310. The van der Waals surface area contributed by atoms with Crippen molar-refractivity contribution < 1.29 is 4.39 Å². The van der Waals surface area contributed by atoms with Crippen molar-refractivity contribution in [3.8, 4) is 0 Å². The lowest BCUT2D eigenvalue weighted by molar-refractivity contribution is 0.558. The number of rotatable bonds is 4. The highest BCUT2D eigenvalue weighted by molar-refractivity contribution is 9.11. The molecule has 0 heterocycles. The number of hydrogen-bond acceptors (Lipinski definition) is 1. The monoisotopic (exact) mass is 433 g/mol. The highest BCUT2D eigenvalue weighted by Crippen LogP contribution is 2.36. The zero-order valence-electron chi connectivity index (χ0n) is 11.7. The quantitative estimate of drug-likeness (QED) is 0.620. The van der Waals surface area contributed by atoms with E-state index in [0.717, 1.165) is 20.1 Å². The summed E-state index contributed by atoms with van der Waals surface area (Å²) in [6.07, 6.45) is 0. The van der Waals surface area contributed by atoms with Gasteiger partial charge in [-0.1, -0.05) is 56.5 Å². The molecule has 0 spiro atoms. The second kappa shape index (κ2) is 7.23. The summed E-state index contributed by atoms with van der Waals surface area (Å²) in [6.45, 7) is 4.70. The summed E-state index contributed by atoms with van der Waals surface area (Å²) in [4.78, 5) is 0. The zero-order chi connectivity index (χ0) is 15.6. The molecule has 0 radical (unpaired) electrons. The van der Waals surface area contributed by atoms with Crippen LogP contribution in [0.15, 0.2) is 39.3 Å². The van der Waals surface area contributed by atoms with Gasteiger partial charge < -0.3 is 5.32 Å². The summed E-state index contributed by atoms with van der Waals surface area (Å²) >= 11 is 13.3. The van der Waals surface area contributed by atoms with Gasteiger partial charge in [0.1, 0.15) is 5.82 Å². The molecule has 1 atom stereocenters. The smallest absolute Gasteiger partial charge is 0.129 e. The summed E-state index contributed by atoms with van der Waals surface area (Å²) < 4.78 is 16.2. The first-order valence-electron chi connectivity index (χ1n) is 6.58. The Hall–Kier alpha value is -0.420. The Morgan fingerprint density at radius 3 is 2.57 bits per heavy atom. The standard InChI is InChI=1S/C16H15Br2ClFN/c1-3-21-16(15-13(19)5-4-6-14(15)20)10-8-11(17)9(2)7-12(10)18/h4-8,16,21H,3H2,1-2H3. The SMILES string of the molecule is CCNC(c1cc(Br)c(C)cc1Br)c1c(F)cccc1Cl. The molecule has 0 fully saturated rings. The van der Waals surface area contributed by atoms with E-state index in [1.165, 1.54) is 6.07 Å². The van der Waals surface area contributed by atoms with E-state index in [9.17, 15) is 4.39 Å². The summed E-state index contributed by atoms with van der Waals surface area (Å²) in [6, 6.07) is 8.46. The van der Waals surface area contributed by atoms with Crippen LogP contribution in [0.25, 0.3) is 0 Å². The summed E-state index contributed by atoms with van der Waals surface area (Å²) in [7, 11) is 0. The average molecular weight is 436 g/mol. The molecule has 1 nitrogen and oxygen atoms in total. The van der Waals surface area contributed by atoms with E-state index < -0.39 is 0 Å². The fourth-order valence-electron chi connectivity index (χ4n) is 2.24. The molecule has 5 heteroatoms. The Kier molecular flexibility index (Phi) is 5.83. The molecule has 0 saturated carbocycles. The summed E-state index contributed by atoms with van der Waals surface area (Å²) in [5, 5.41) is 3.73. The summed E-state index contributed by atoms with van der Waals surface area (Å²) in [5.41, 5.74) is 2.53. The molecule has 2 rings (SSSR count). The van der Waals surface area contributed by atoms with Gasteiger partial charge in [-0.05, 0) is 48.9 Å². The number of halogens is 4. The van der Waals surface area contributed by atoms with Crippen LogP contribution in [0.4, 0.5) is 4.39 Å². The third-order valence-electron chi connectivity index (χ3n) is 3.29. The number of hydrogen-bond donors (Lipinski definition) is 1. The van der Waals surface area contributed by atoms with Crippen molar-refractivity contribution in [1.29, 1.82) is 0 Å². The predicted octanol–water partition coefficient (Wildman–Crippen LogP) is 6.01. The second-order valence-electron chi connectivity index (χ2n) is 4.75. The zero-order valence-corrected chi connectivity index (χ0v) is 15.6. The molecule has 2 aromatic rings. The maximum Gasteiger partial charge on any atom is 0.129 e. The van der Waals surface area contributed by atoms with Crippen molar-refractivity contribution in [1.82, 2.24) is 5.32 Å². The van der Waals surface area contributed by atoms with Gasteiger partial charge in [0.2, 0.25) is 0 Å².